The van der Waals surface area contributed by atoms with Crippen molar-refractivity contribution in [3.05, 3.63) is 24.3 Å². The highest BCUT2D eigenvalue weighted by molar-refractivity contribution is 5.74. The predicted octanol–water partition coefficient (Wildman–Crippen LogP) is 2.09. The Hall–Kier alpha value is -1.59. The zero-order valence-electron chi connectivity index (χ0n) is 11.6. The predicted molar refractivity (Wildman–Crippen MR) is 78.8 cm³/mol. The first-order chi connectivity index (χ1) is 9.81. The van der Waals surface area contributed by atoms with Crippen molar-refractivity contribution in [3.8, 4) is 0 Å². The average molecular weight is 275 g/mol. The van der Waals surface area contributed by atoms with E-state index in [-0.39, 0.29) is 0 Å². The van der Waals surface area contributed by atoms with E-state index in [4.69, 9.17) is 4.42 Å². The fraction of sp³-hybridized carbons (Fsp3) is 0.533. The molecule has 1 aliphatic rings. The normalized spacial score (nSPS) is 18.2. The first-order valence-electron chi connectivity index (χ1n) is 7.31. The van der Waals surface area contributed by atoms with Gasteiger partial charge in [-0.2, -0.15) is 4.98 Å². The third kappa shape index (κ3) is 3.29. The minimum atomic E-state index is -0.400. The fourth-order valence-corrected chi connectivity index (χ4v) is 2.66. The maximum Gasteiger partial charge on any atom is 0.295 e. The molecule has 2 N–H and O–H groups in total. The lowest BCUT2D eigenvalue weighted by Gasteiger charge is -2.28. The van der Waals surface area contributed by atoms with Gasteiger partial charge in [0.25, 0.3) is 6.01 Å². The Morgan fingerprint density at radius 2 is 2.05 bits per heavy atom. The van der Waals surface area contributed by atoms with Crippen LogP contribution in [0.5, 0.6) is 0 Å². The second kappa shape index (κ2) is 6.24. The molecule has 1 fully saturated rings. The highest BCUT2D eigenvalue weighted by Crippen LogP contribution is 2.18. The number of hydrogen-bond donors (Lipinski definition) is 2. The molecule has 1 aromatic carbocycles. The number of aliphatic hydroxyl groups excluding tert-OH is 1. The van der Waals surface area contributed by atoms with Gasteiger partial charge in [-0.05, 0) is 38.1 Å². The molecule has 0 aliphatic carbocycles. The zero-order valence-corrected chi connectivity index (χ0v) is 11.6. The number of anilines is 1. The van der Waals surface area contributed by atoms with Crippen molar-refractivity contribution in [1.82, 2.24) is 9.88 Å². The van der Waals surface area contributed by atoms with Crippen molar-refractivity contribution in [1.29, 1.82) is 0 Å². The molecular formula is C15H21N3O2. The van der Waals surface area contributed by atoms with Gasteiger partial charge in [-0.1, -0.05) is 18.6 Å². The van der Waals surface area contributed by atoms with Gasteiger partial charge in [-0.15, -0.1) is 0 Å². The van der Waals surface area contributed by atoms with Crippen LogP contribution in [0, 0.1) is 0 Å². The summed E-state index contributed by atoms with van der Waals surface area (Å²) in [5, 5.41) is 13.1. The topological polar surface area (TPSA) is 61.5 Å². The van der Waals surface area contributed by atoms with Crippen molar-refractivity contribution in [3.63, 3.8) is 0 Å². The molecule has 1 aliphatic heterocycles. The molecule has 2 aromatic rings. The van der Waals surface area contributed by atoms with Crippen molar-refractivity contribution in [2.24, 2.45) is 0 Å². The Morgan fingerprint density at radius 3 is 2.85 bits per heavy atom. The van der Waals surface area contributed by atoms with Crippen LogP contribution in [0.2, 0.25) is 0 Å². The summed E-state index contributed by atoms with van der Waals surface area (Å²) in [7, 11) is 0. The van der Waals surface area contributed by atoms with E-state index in [0.29, 0.717) is 19.1 Å². The SMILES string of the molecule is O[C@H](CNc1nc2ccccc2o1)CN1CCCCC1. The highest BCUT2D eigenvalue weighted by Gasteiger charge is 2.15. The average Bonchev–Trinajstić information content (AvgIpc) is 2.89. The van der Waals surface area contributed by atoms with Crippen LogP contribution < -0.4 is 5.32 Å². The molecule has 0 bridgehead atoms. The Kier molecular flexibility index (Phi) is 4.18. The van der Waals surface area contributed by atoms with Crippen LogP contribution >= 0.6 is 0 Å². The highest BCUT2D eigenvalue weighted by atomic mass is 16.4. The fourth-order valence-electron chi connectivity index (χ4n) is 2.66. The van der Waals surface area contributed by atoms with Gasteiger partial charge < -0.3 is 19.7 Å². The smallest absolute Gasteiger partial charge is 0.295 e. The van der Waals surface area contributed by atoms with Gasteiger partial charge in [0, 0.05) is 13.1 Å². The Balaban J connectivity index is 1.50. The summed E-state index contributed by atoms with van der Waals surface area (Å²) in [6, 6.07) is 8.12. The molecule has 5 heteroatoms. The van der Waals surface area contributed by atoms with Crippen LogP contribution in [0.4, 0.5) is 6.01 Å². The third-order valence-electron chi connectivity index (χ3n) is 3.70. The summed E-state index contributed by atoms with van der Waals surface area (Å²) in [5.41, 5.74) is 1.60. The molecule has 0 amide bonds. The lowest BCUT2D eigenvalue weighted by Crippen LogP contribution is -2.39. The number of piperidine rings is 1. The van der Waals surface area contributed by atoms with E-state index in [2.05, 4.69) is 15.2 Å². The largest absolute Gasteiger partial charge is 0.424 e. The quantitative estimate of drug-likeness (QED) is 0.875. The van der Waals surface area contributed by atoms with Gasteiger partial charge in [0.15, 0.2) is 5.58 Å². The molecule has 1 aromatic heterocycles. The van der Waals surface area contributed by atoms with E-state index < -0.39 is 6.10 Å². The molecule has 1 atom stereocenters. The number of aromatic nitrogens is 1. The summed E-state index contributed by atoms with van der Waals surface area (Å²) >= 11 is 0. The number of benzene rings is 1. The Morgan fingerprint density at radius 1 is 1.25 bits per heavy atom. The van der Waals surface area contributed by atoms with Crippen LogP contribution in [0.1, 0.15) is 19.3 Å². The van der Waals surface area contributed by atoms with Crippen LogP contribution in [-0.2, 0) is 0 Å². The lowest BCUT2D eigenvalue weighted by molar-refractivity contribution is 0.109. The first-order valence-corrected chi connectivity index (χ1v) is 7.31. The maximum absolute atomic E-state index is 10.1. The number of para-hydroxylation sites is 2. The molecule has 3 rings (SSSR count). The number of hydrogen-bond acceptors (Lipinski definition) is 5. The monoisotopic (exact) mass is 275 g/mol. The van der Waals surface area contributed by atoms with E-state index in [0.717, 1.165) is 24.2 Å². The van der Waals surface area contributed by atoms with E-state index in [1.54, 1.807) is 0 Å². The van der Waals surface area contributed by atoms with E-state index >= 15 is 0 Å². The molecule has 0 saturated carbocycles. The van der Waals surface area contributed by atoms with E-state index in [9.17, 15) is 5.11 Å². The number of oxazole rings is 1. The number of nitrogens with one attached hydrogen (secondary N) is 1. The van der Waals surface area contributed by atoms with Crippen molar-refractivity contribution < 1.29 is 9.52 Å². The number of aliphatic hydroxyl groups is 1. The van der Waals surface area contributed by atoms with Crippen molar-refractivity contribution in [2.45, 2.75) is 25.4 Å². The Labute approximate surface area is 118 Å². The second-order valence-corrected chi connectivity index (χ2v) is 5.38. The van der Waals surface area contributed by atoms with Crippen LogP contribution in [0.15, 0.2) is 28.7 Å². The molecule has 0 radical (unpaired) electrons. The molecule has 0 spiro atoms. The standard InChI is InChI=1S/C15H21N3O2/c19-12(11-18-8-4-1-5-9-18)10-16-15-17-13-6-2-3-7-14(13)20-15/h2-3,6-7,12,19H,1,4-5,8-11H2,(H,16,17)/t12-/m1/s1. The van der Waals surface area contributed by atoms with E-state index in [1.165, 1.54) is 19.3 Å². The summed E-state index contributed by atoms with van der Waals surface area (Å²) in [4.78, 5) is 6.65. The van der Waals surface area contributed by atoms with E-state index in [1.807, 2.05) is 24.3 Å². The summed E-state index contributed by atoms with van der Waals surface area (Å²) in [6.07, 6.45) is 3.40. The van der Waals surface area contributed by atoms with Gasteiger partial charge in [-0.3, -0.25) is 0 Å². The Bertz CT molecular complexity index is 516. The maximum atomic E-state index is 10.1. The minimum absolute atomic E-state index is 0.400. The summed E-state index contributed by atoms with van der Waals surface area (Å²) in [6.45, 7) is 3.37. The van der Waals surface area contributed by atoms with Crippen LogP contribution in [0.3, 0.4) is 0 Å². The summed E-state index contributed by atoms with van der Waals surface area (Å²) < 4.78 is 5.56. The zero-order chi connectivity index (χ0) is 13.8. The molecule has 1 saturated heterocycles. The van der Waals surface area contributed by atoms with Gasteiger partial charge in [-0.25, -0.2) is 0 Å². The lowest BCUT2D eigenvalue weighted by atomic mass is 10.1. The molecule has 0 unspecified atom stereocenters. The number of β-amino-alcohol motifs (C(OH)–C–C–N with tert-alkyl or cyclic N) is 1. The van der Waals surface area contributed by atoms with Gasteiger partial charge >= 0.3 is 0 Å². The molecule has 108 valence electrons. The van der Waals surface area contributed by atoms with Crippen LogP contribution in [0.25, 0.3) is 11.1 Å². The van der Waals surface area contributed by atoms with Crippen molar-refractivity contribution >= 4 is 17.1 Å². The second-order valence-electron chi connectivity index (χ2n) is 5.38. The number of rotatable bonds is 5. The van der Waals surface area contributed by atoms with Gasteiger partial charge in [0.1, 0.15) is 5.52 Å². The molecule has 20 heavy (non-hydrogen) atoms. The number of likely N-dealkylation sites (tertiary alicyclic amines) is 1. The minimum Gasteiger partial charge on any atom is -0.424 e. The van der Waals surface area contributed by atoms with Gasteiger partial charge in [0.2, 0.25) is 0 Å². The molecule has 5 nitrogen and oxygen atoms in total. The summed E-state index contributed by atoms with van der Waals surface area (Å²) in [5.74, 6) is 0. The number of nitrogens with zero attached hydrogens (tertiary/aromatic N) is 2. The van der Waals surface area contributed by atoms with Crippen molar-refractivity contribution in [2.75, 3.05) is 31.5 Å². The first kappa shape index (κ1) is 13.4. The van der Waals surface area contributed by atoms with Crippen LogP contribution in [-0.4, -0.2) is 47.3 Å². The third-order valence-corrected chi connectivity index (χ3v) is 3.70. The molecule has 2 heterocycles. The van der Waals surface area contributed by atoms with Gasteiger partial charge in [0.05, 0.1) is 6.10 Å². The molecular weight excluding hydrogens is 254 g/mol. The number of fused-ring (bicyclic) bond motifs is 1.